The van der Waals surface area contributed by atoms with Gasteiger partial charge in [0.25, 0.3) is 0 Å². The minimum Gasteiger partial charge on any atom is -0.394 e. The van der Waals surface area contributed by atoms with Gasteiger partial charge in [-0.15, -0.1) is 6.58 Å². The summed E-state index contributed by atoms with van der Waals surface area (Å²) in [6.07, 6.45) is -2.20. The van der Waals surface area contributed by atoms with Gasteiger partial charge in [-0.05, 0) is 49.4 Å². The Hall–Kier alpha value is -0.880. The van der Waals surface area contributed by atoms with E-state index in [4.69, 9.17) is 9.47 Å². The number of aliphatic hydroxyl groups is 7. The average molecular weight is 513 g/mol. The number of hydrogen-bond donors (Lipinski definition) is 7. The molecule has 13 unspecified atom stereocenters. The van der Waals surface area contributed by atoms with Crippen LogP contribution in [0.25, 0.3) is 0 Å². The normalized spacial score (nSPS) is 55.3. The lowest BCUT2D eigenvalue weighted by molar-refractivity contribution is -0.338. The van der Waals surface area contributed by atoms with Crippen LogP contribution in [0.4, 0.5) is 0 Å². The maximum absolute atomic E-state index is 11.4. The van der Waals surface area contributed by atoms with Crippen LogP contribution < -0.4 is 0 Å². The molecule has 36 heavy (non-hydrogen) atoms. The first kappa shape index (κ1) is 28.1. The number of allylic oxidation sites excluding steroid dienone is 2. The second-order valence-corrected chi connectivity index (χ2v) is 12.7. The van der Waals surface area contributed by atoms with Crippen molar-refractivity contribution in [2.75, 3.05) is 13.2 Å². The molecule has 4 rings (SSSR count). The lowest BCUT2D eigenvalue weighted by Gasteiger charge is -2.63. The van der Waals surface area contributed by atoms with Crippen LogP contribution >= 0.6 is 0 Å². The Kier molecular flexibility index (Phi) is 7.34. The summed E-state index contributed by atoms with van der Waals surface area (Å²) in [5.74, 6) is -0.347. The Morgan fingerprint density at radius 2 is 1.78 bits per heavy atom. The van der Waals surface area contributed by atoms with Crippen molar-refractivity contribution in [3.8, 4) is 0 Å². The van der Waals surface area contributed by atoms with E-state index in [-0.39, 0.29) is 17.9 Å². The molecule has 9 nitrogen and oxygen atoms in total. The SMILES string of the molecule is C=CC1(C)CCC2C(=CC(O)C3C2(C)CC(O)C(O)C3(C)COC2OC(CO)C(C)(O)C(O)C2O)C1. The molecule has 4 aliphatic rings. The highest BCUT2D eigenvalue weighted by Gasteiger charge is 2.64. The minimum atomic E-state index is -1.89. The largest absolute Gasteiger partial charge is 0.394 e. The maximum Gasteiger partial charge on any atom is 0.186 e. The number of ether oxygens (including phenoxy) is 2. The quantitative estimate of drug-likeness (QED) is 0.256. The third kappa shape index (κ3) is 4.21. The summed E-state index contributed by atoms with van der Waals surface area (Å²) in [5.41, 5.74) is -2.44. The van der Waals surface area contributed by atoms with Crippen LogP contribution in [0.5, 0.6) is 0 Å². The van der Waals surface area contributed by atoms with Crippen LogP contribution in [0.15, 0.2) is 24.3 Å². The maximum atomic E-state index is 11.4. The van der Waals surface area contributed by atoms with E-state index < -0.39 is 71.9 Å². The molecule has 0 aromatic heterocycles. The van der Waals surface area contributed by atoms with Gasteiger partial charge in [-0.3, -0.25) is 0 Å². The van der Waals surface area contributed by atoms with Crippen molar-refractivity contribution in [3.63, 3.8) is 0 Å². The molecule has 1 aliphatic heterocycles. The van der Waals surface area contributed by atoms with Crippen molar-refractivity contribution in [3.05, 3.63) is 24.3 Å². The zero-order valence-corrected chi connectivity index (χ0v) is 21.7. The Morgan fingerprint density at radius 3 is 2.39 bits per heavy atom. The van der Waals surface area contributed by atoms with Crippen molar-refractivity contribution >= 4 is 0 Å². The van der Waals surface area contributed by atoms with Crippen molar-refractivity contribution in [2.24, 2.45) is 28.1 Å². The lowest BCUT2D eigenvalue weighted by atomic mass is 9.44. The fourth-order valence-corrected chi connectivity index (χ4v) is 7.83. The monoisotopic (exact) mass is 512 g/mol. The molecule has 9 heteroatoms. The van der Waals surface area contributed by atoms with Crippen molar-refractivity contribution in [1.29, 1.82) is 0 Å². The summed E-state index contributed by atoms with van der Waals surface area (Å²) in [6, 6.07) is 0. The standard InChI is InChI=1S/C27H44O9/c1-6-24(2)8-7-15-14(10-24)9-16(29)20-25(15,3)11-17(30)21(32)26(20,4)13-35-23-19(31)22(33)27(5,34)18(12-28)36-23/h6,9,15-23,28-34H,1,7-8,10-13H2,2-5H3. The summed E-state index contributed by atoms with van der Waals surface area (Å²) < 4.78 is 11.5. The highest BCUT2D eigenvalue weighted by Crippen LogP contribution is 2.63. The molecule has 1 saturated heterocycles. The summed E-state index contributed by atoms with van der Waals surface area (Å²) in [4.78, 5) is 0. The molecular formula is C27H44O9. The van der Waals surface area contributed by atoms with Crippen LogP contribution in [0, 0.1) is 28.1 Å². The Morgan fingerprint density at radius 1 is 1.11 bits per heavy atom. The molecule has 0 radical (unpaired) electrons. The highest BCUT2D eigenvalue weighted by molar-refractivity contribution is 5.29. The summed E-state index contributed by atoms with van der Waals surface area (Å²) in [5, 5.41) is 74.7. The average Bonchev–Trinajstić information content (AvgIpc) is 2.80. The Labute approximate surface area is 213 Å². The zero-order chi connectivity index (χ0) is 26.8. The Balaban J connectivity index is 1.63. The van der Waals surface area contributed by atoms with E-state index in [1.807, 2.05) is 12.2 Å². The number of fused-ring (bicyclic) bond motifs is 3. The first-order valence-corrected chi connectivity index (χ1v) is 13.0. The zero-order valence-electron chi connectivity index (χ0n) is 21.7. The first-order valence-electron chi connectivity index (χ1n) is 13.0. The third-order valence-corrected chi connectivity index (χ3v) is 10.1. The second-order valence-electron chi connectivity index (χ2n) is 12.7. The van der Waals surface area contributed by atoms with Gasteiger partial charge in [-0.2, -0.15) is 0 Å². The van der Waals surface area contributed by atoms with Gasteiger partial charge >= 0.3 is 0 Å². The van der Waals surface area contributed by atoms with Gasteiger partial charge in [0.2, 0.25) is 0 Å². The minimum absolute atomic E-state index is 0.0514. The number of rotatable bonds is 5. The van der Waals surface area contributed by atoms with Crippen molar-refractivity contribution in [1.82, 2.24) is 0 Å². The third-order valence-electron chi connectivity index (χ3n) is 10.1. The van der Waals surface area contributed by atoms with Gasteiger partial charge in [0.05, 0.1) is 31.5 Å². The first-order chi connectivity index (χ1) is 16.6. The molecule has 0 aromatic rings. The second kappa shape index (κ2) is 9.39. The van der Waals surface area contributed by atoms with E-state index in [0.717, 1.165) is 24.8 Å². The molecule has 0 bridgehead atoms. The van der Waals surface area contributed by atoms with Gasteiger partial charge < -0.3 is 45.2 Å². The van der Waals surface area contributed by atoms with Crippen LogP contribution in [-0.2, 0) is 9.47 Å². The van der Waals surface area contributed by atoms with Crippen molar-refractivity contribution < 1.29 is 45.2 Å². The number of hydrogen-bond acceptors (Lipinski definition) is 9. The van der Waals surface area contributed by atoms with Gasteiger partial charge in [0.15, 0.2) is 6.29 Å². The molecule has 0 aromatic carbocycles. The molecule has 7 N–H and O–H groups in total. The van der Waals surface area contributed by atoms with E-state index >= 15 is 0 Å². The molecule has 3 fully saturated rings. The summed E-state index contributed by atoms with van der Waals surface area (Å²) in [6.45, 7) is 10.4. The molecular weight excluding hydrogens is 468 g/mol. The summed E-state index contributed by atoms with van der Waals surface area (Å²) in [7, 11) is 0. The molecule has 2 saturated carbocycles. The van der Waals surface area contributed by atoms with Crippen LogP contribution in [0.2, 0.25) is 0 Å². The Bertz CT molecular complexity index is 871. The molecule has 206 valence electrons. The summed E-state index contributed by atoms with van der Waals surface area (Å²) >= 11 is 0. The smallest absolute Gasteiger partial charge is 0.186 e. The highest BCUT2D eigenvalue weighted by atomic mass is 16.7. The van der Waals surface area contributed by atoms with E-state index in [0.29, 0.717) is 6.42 Å². The molecule has 1 heterocycles. The van der Waals surface area contributed by atoms with Crippen LogP contribution in [0.1, 0.15) is 53.4 Å². The van der Waals surface area contributed by atoms with E-state index in [2.05, 4.69) is 20.4 Å². The topological polar surface area (TPSA) is 160 Å². The van der Waals surface area contributed by atoms with Crippen LogP contribution in [-0.4, -0.2) is 97.5 Å². The van der Waals surface area contributed by atoms with Gasteiger partial charge in [0, 0.05) is 11.3 Å². The van der Waals surface area contributed by atoms with E-state index in [1.165, 1.54) is 6.92 Å². The molecule has 0 amide bonds. The molecule has 3 aliphatic carbocycles. The lowest BCUT2D eigenvalue weighted by Crippen LogP contribution is -2.68. The van der Waals surface area contributed by atoms with Gasteiger partial charge in [-0.1, -0.05) is 38.5 Å². The fourth-order valence-electron chi connectivity index (χ4n) is 7.83. The van der Waals surface area contributed by atoms with E-state index in [9.17, 15) is 35.7 Å². The number of aliphatic hydroxyl groups excluding tert-OH is 6. The van der Waals surface area contributed by atoms with Gasteiger partial charge in [-0.25, -0.2) is 0 Å². The van der Waals surface area contributed by atoms with Crippen LogP contribution in [0.3, 0.4) is 0 Å². The fraction of sp³-hybridized carbons (Fsp3) is 0.852. The predicted molar refractivity (Wildman–Crippen MR) is 130 cm³/mol. The van der Waals surface area contributed by atoms with Gasteiger partial charge in [0.1, 0.15) is 23.9 Å². The molecule has 13 atom stereocenters. The predicted octanol–water partition coefficient (Wildman–Crippen LogP) is 0.241. The van der Waals surface area contributed by atoms with E-state index in [1.54, 1.807) is 6.92 Å². The van der Waals surface area contributed by atoms with Crippen molar-refractivity contribution in [2.45, 2.75) is 102 Å². The molecule has 0 spiro atoms.